The number of nitro groups is 1. The molecule has 0 heterocycles. The van der Waals surface area contributed by atoms with Gasteiger partial charge in [0, 0.05) is 23.2 Å². The van der Waals surface area contributed by atoms with E-state index in [2.05, 4.69) is 5.32 Å². The summed E-state index contributed by atoms with van der Waals surface area (Å²) in [6, 6.07) is 13.1. The molecule has 0 spiro atoms. The molecule has 0 aliphatic carbocycles. The van der Waals surface area contributed by atoms with Gasteiger partial charge in [0.1, 0.15) is 0 Å². The molecule has 2 aromatic carbocycles. The fraction of sp³-hybridized carbons (Fsp3) is 0.118. The Labute approximate surface area is 138 Å². The maximum Gasteiger partial charge on any atom is 0.269 e. The van der Waals surface area contributed by atoms with E-state index < -0.39 is 4.92 Å². The molecule has 6 heteroatoms. The van der Waals surface area contributed by atoms with E-state index in [9.17, 15) is 14.9 Å². The van der Waals surface area contributed by atoms with Gasteiger partial charge in [0.05, 0.1) is 11.0 Å². The normalized spacial score (nSPS) is 12.1. The Morgan fingerprint density at radius 2 is 1.78 bits per heavy atom. The Morgan fingerprint density at radius 1 is 1.17 bits per heavy atom. The van der Waals surface area contributed by atoms with E-state index in [1.54, 1.807) is 30.3 Å². The van der Waals surface area contributed by atoms with Gasteiger partial charge >= 0.3 is 0 Å². The van der Waals surface area contributed by atoms with Gasteiger partial charge < -0.3 is 5.32 Å². The lowest BCUT2D eigenvalue weighted by Gasteiger charge is -2.12. The van der Waals surface area contributed by atoms with Gasteiger partial charge in [0.15, 0.2) is 0 Å². The Morgan fingerprint density at radius 3 is 2.35 bits per heavy atom. The van der Waals surface area contributed by atoms with Crippen LogP contribution in [0.1, 0.15) is 24.1 Å². The molecular formula is C17H15ClN2O3. The quantitative estimate of drug-likeness (QED) is 0.508. The van der Waals surface area contributed by atoms with Crippen molar-refractivity contribution in [2.45, 2.75) is 13.0 Å². The number of hydrogen-bond acceptors (Lipinski definition) is 3. The van der Waals surface area contributed by atoms with E-state index in [-0.39, 0.29) is 17.6 Å². The molecule has 0 bridgehead atoms. The fourth-order valence-corrected chi connectivity index (χ4v) is 2.10. The molecule has 23 heavy (non-hydrogen) atoms. The Hall–Kier alpha value is -2.66. The molecule has 1 amide bonds. The number of carbonyl (C=O) groups is 1. The molecule has 118 valence electrons. The number of carbonyl (C=O) groups excluding carboxylic acids is 1. The average Bonchev–Trinajstić information content (AvgIpc) is 2.54. The first-order chi connectivity index (χ1) is 11.0. The molecule has 0 saturated heterocycles. The van der Waals surface area contributed by atoms with Crippen LogP contribution in [-0.4, -0.2) is 10.8 Å². The topological polar surface area (TPSA) is 72.2 Å². The van der Waals surface area contributed by atoms with Crippen LogP contribution < -0.4 is 5.32 Å². The Kier molecular flexibility index (Phi) is 5.49. The van der Waals surface area contributed by atoms with Crippen molar-refractivity contribution in [2.75, 3.05) is 0 Å². The molecule has 1 atom stereocenters. The standard InChI is InChI=1S/C17H15ClN2O3/c1-12(14-5-7-15(18)8-6-14)19-17(21)11-4-13-2-9-16(10-3-13)20(22)23/h2-12H,1H3,(H,19,21)/b11-4+. The number of benzene rings is 2. The largest absolute Gasteiger partial charge is 0.346 e. The molecular weight excluding hydrogens is 316 g/mol. The zero-order valence-electron chi connectivity index (χ0n) is 12.4. The molecule has 0 aliphatic rings. The third kappa shape index (κ3) is 4.93. The zero-order valence-corrected chi connectivity index (χ0v) is 13.2. The lowest BCUT2D eigenvalue weighted by atomic mass is 10.1. The molecule has 1 N–H and O–H groups in total. The molecule has 0 aromatic heterocycles. The van der Waals surface area contributed by atoms with E-state index in [4.69, 9.17) is 11.6 Å². The van der Waals surface area contributed by atoms with Crippen molar-refractivity contribution >= 4 is 29.3 Å². The summed E-state index contributed by atoms with van der Waals surface area (Å²) >= 11 is 5.83. The van der Waals surface area contributed by atoms with Gasteiger partial charge in [-0.15, -0.1) is 0 Å². The second-order valence-electron chi connectivity index (χ2n) is 4.96. The first-order valence-electron chi connectivity index (χ1n) is 6.94. The highest BCUT2D eigenvalue weighted by Gasteiger charge is 2.07. The molecule has 1 unspecified atom stereocenters. The summed E-state index contributed by atoms with van der Waals surface area (Å²) in [4.78, 5) is 22.0. The summed E-state index contributed by atoms with van der Waals surface area (Å²) in [5.41, 5.74) is 1.68. The van der Waals surface area contributed by atoms with Crippen LogP contribution in [0.15, 0.2) is 54.6 Å². The Bertz CT molecular complexity index is 725. The van der Waals surface area contributed by atoms with Crippen LogP contribution in [0.4, 0.5) is 5.69 Å². The summed E-state index contributed by atoms with van der Waals surface area (Å²) in [6.45, 7) is 1.88. The molecule has 0 radical (unpaired) electrons. The van der Waals surface area contributed by atoms with Gasteiger partial charge in [0.2, 0.25) is 5.91 Å². The molecule has 0 saturated carbocycles. The van der Waals surface area contributed by atoms with Crippen molar-refractivity contribution in [3.05, 3.63) is 80.9 Å². The van der Waals surface area contributed by atoms with Crippen LogP contribution in [0.2, 0.25) is 5.02 Å². The predicted molar refractivity (Wildman–Crippen MR) is 90.1 cm³/mol. The van der Waals surface area contributed by atoms with Crippen molar-refractivity contribution < 1.29 is 9.72 Å². The lowest BCUT2D eigenvalue weighted by molar-refractivity contribution is -0.384. The zero-order chi connectivity index (χ0) is 16.8. The number of nitro benzene ring substituents is 1. The minimum atomic E-state index is -0.464. The van der Waals surface area contributed by atoms with Gasteiger partial charge in [0.25, 0.3) is 5.69 Å². The molecule has 0 aliphatic heterocycles. The fourth-order valence-electron chi connectivity index (χ4n) is 1.98. The number of nitrogens with one attached hydrogen (secondary N) is 1. The van der Waals surface area contributed by atoms with E-state index in [0.717, 1.165) is 5.56 Å². The van der Waals surface area contributed by atoms with Crippen molar-refractivity contribution in [3.8, 4) is 0 Å². The third-order valence-electron chi connectivity index (χ3n) is 3.26. The highest BCUT2D eigenvalue weighted by molar-refractivity contribution is 6.30. The summed E-state index contributed by atoms with van der Waals surface area (Å²) in [5, 5.41) is 14.1. The van der Waals surface area contributed by atoms with Crippen molar-refractivity contribution in [2.24, 2.45) is 0 Å². The smallest absolute Gasteiger partial charge is 0.269 e. The van der Waals surface area contributed by atoms with E-state index in [1.165, 1.54) is 18.2 Å². The summed E-state index contributed by atoms with van der Waals surface area (Å²) in [7, 11) is 0. The molecule has 2 aromatic rings. The second kappa shape index (κ2) is 7.56. The average molecular weight is 331 g/mol. The highest BCUT2D eigenvalue weighted by atomic mass is 35.5. The van der Waals surface area contributed by atoms with Crippen LogP contribution in [-0.2, 0) is 4.79 Å². The maximum absolute atomic E-state index is 11.9. The van der Waals surface area contributed by atoms with Gasteiger partial charge in [-0.05, 0) is 48.4 Å². The summed E-state index contributed by atoms with van der Waals surface area (Å²) in [5.74, 6) is -0.245. The maximum atomic E-state index is 11.9. The summed E-state index contributed by atoms with van der Waals surface area (Å²) < 4.78 is 0. The van der Waals surface area contributed by atoms with E-state index >= 15 is 0 Å². The van der Waals surface area contributed by atoms with Crippen LogP contribution in [0.5, 0.6) is 0 Å². The number of hydrogen-bond donors (Lipinski definition) is 1. The first-order valence-corrected chi connectivity index (χ1v) is 7.32. The monoisotopic (exact) mass is 330 g/mol. The van der Waals surface area contributed by atoms with Gasteiger partial charge in [-0.3, -0.25) is 14.9 Å². The van der Waals surface area contributed by atoms with Gasteiger partial charge in [-0.1, -0.05) is 23.7 Å². The van der Waals surface area contributed by atoms with Crippen LogP contribution in [0.25, 0.3) is 6.08 Å². The number of rotatable bonds is 5. The second-order valence-corrected chi connectivity index (χ2v) is 5.40. The number of non-ortho nitro benzene ring substituents is 1. The van der Waals surface area contributed by atoms with E-state index in [1.807, 2.05) is 19.1 Å². The van der Waals surface area contributed by atoms with E-state index in [0.29, 0.717) is 10.6 Å². The molecule has 0 fully saturated rings. The van der Waals surface area contributed by atoms with Crippen molar-refractivity contribution in [1.82, 2.24) is 5.32 Å². The molecule has 2 rings (SSSR count). The minimum absolute atomic E-state index is 0.0166. The highest BCUT2D eigenvalue weighted by Crippen LogP contribution is 2.16. The number of halogens is 1. The summed E-state index contributed by atoms with van der Waals surface area (Å²) in [6.07, 6.45) is 3.00. The van der Waals surface area contributed by atoms with Crippen molar-refractivity contribution in [1.29, 1.82) is 0 Å². The minimum Gasteiger partial charge on any atom is -0.346 e. The van der Waals surface area contributed by atoms with Gasteiger partial charge in [-0.2, -0.15) is 0 Å². The molecule has 5 nitrogen and oxygen atoms in total. The van der Waals surface area contributed by atoms with Crippen LogP contribution in [0.3, 0.4) is 0 Å². The van der Waals surface area contributed by atoms with Crippen molar-refractivity contribution in [3.63, 3.8) is 0 Å². The van der Waals surface area contributed by atoms with Crippen LogP contribution in [0, 0.1) is 10.1 Å². The first kappa shape index (κ1) is 16.7. The Balaban J connectivity index is 1.95. The number of amides is 1. The predicted octanol–water partition coefficient (Wildman–Crippen LogP) is 4.14. The SMILES string of the molecule is CC(NC(=O)/C=C/c1ccc([N+](=O)[O-])cc1)c1ccc(Cl)cc1. The number of nitrogens with zero attached hydrogens (tertiary/aromatic N) is 1. The van der Waals surface area contributed by atoms with Crippen LogP contribution >= 0.6 is 11.6 Å². The third-order valence-corrected chi connectivity index (χ3v) is 3.51. The van der Waals surface area contributed by atoms with Gasteiger partial charge in [-0.25, -0.2) is 0 Å². The lowest BCUT2D eigenvalue weighted by Crippen LogP contribution is -2.24.